The summed E-state index contributed by atoms with van der Waals surface area (Å²) >= 11 is 0. The summed E-state index contributed by atoms with van der Waals surface area (Å²) in [7, 11) is 4.74. The second kappa shape index (κ2) is 9.09. The molecule has 0 N–H and O–H groups in total. The van der Waals surface area contributed by atoms with Crippen molar-refractivity contribution in [3.05, 3.63) is 53.6 Å². The summed E-state index contributed by atoms with van der Waals surface area (Å²) in [6.07, 6.45) is 5.42. The number of nitrogens with zero attached hydrogens (tertiary/aromatic N) is 1. The van der Waals surface area contributed by atoms with E-state index in [0.29, 0.717) is 34.9 Å². The fourth-order valence-corrected chi connectivity index (χ4v) is 5.20. The Balaban J connectivity index is 1.54. The van der Waals surface area contributed by atoms with Crippen molar-refractivity contribution in [3.63, 3.8) is 0 Å². The molecule has 0 radical (unpaired) electrons. The zero-order chi connectivity index (χ0) is 21.1. The smallest absolute Gasteiger partial charge is 0.203 e. The van der Waals surface area contributed by atoms with Gasteiger partial charge in [-0.15, -0.1) is 0 Å². The van der Waals surface area contributed by atoms with Gasteiger partial charge in [0.05, 0.1) is 21.3 Å². The first-order valence-electron chi connectivity index (χ1n) is 10.8. The monoisotopic (exact) mass is 409 g/mol. The number of carbonyl (C=O) groups excluding carboxylic acids is 1. The minimum atomic E-state index is 0.0372. The Kier molecular flexibility index (Phi) is 6.28. The Bertz CT molecular complexity index is 843. The number of piperidine rings is 2. The topological polar surface area (TPSA) is 48.0 Å². The van der Waals surface area contributed by atoms with Crippen molar-refractivity contribution in [2.75, 3.05) is 21.3 Å². The van der Waals surface area contributed by atoms with Crippen LogP contribution < -0.4 is 14.2 Å². The van der Waals surface area contributed by atoms with E-state index < -0.39 is 0 Å². The number of hydrogen-bond donors (Lipinski definition) is 0. The van der Waals surface area contributed by atoms with E-state index in [0.717, 1.165) is 19.4 Å². The quantitative estimate of drug-likeness (QED) is 0.619. The van der Waals surface area contributed by atoms with E-state index in [4.69, 9.17) is 14.2 Å². The maximum atomic E-state index is 13.5. The molecule has 2 aliphatic rings. The van der Waals surface area contributed by atoms with Crippen LogP contribution in [0, 0.1) is 5.92 Å². The molecule has 0 amide bonds. The van der Waals surface area contributed by atoms with Crippen molar-refractivity contribution >= 4 is 5.78 Å². The van der Waals surface area contributed by atoms with Crippen LogP contribution in [0.4, 0.5) is 0 Å². The summed E-state index contributed by atoms with van der Waals surface area (Å²) in [5.74, 6) is 1.80. The summed E-state index contributed by atoms with van der Waals surface area (Å²) in [6.45, 7) is 0.973. The summed E-state index contributed by atoms with van der Waals surface area (Å²) in [4.78, 5) is 16.1. The lowest BCUT2D eigenvalue weighted by molar-refractivity contribution is 0.00905. The third-order valence-corrected chi connectivity index (χ3v) is 6.65. The van der Waals surface area contributed by atoms with E-state index in [2.05, 4.69) is 35.2 Å². The third-order valence-electron chi connectivity index (χ3n) is 6.65. The lowest BCUT2D eigenvalue weighted by atomic mass is 9.75. The van der Waals surface area contributed by atoms with Gasteiger partial charge in [-0.2, -0.15) is 0 Å². The van der Waals surface area contributed by atoms with Crippen molar-refractivity contribution in [3.8, 4) is 17.2 Å². The number of hydrogen-bond acceptors (Lipinski definition) is 5. The lowest BCUT2D eigenvalue weighted by Gasteiger charge is -2.48. The number of carbonyl (C=O) groups is 1. The van der Waals surface area contributed by atoms with Crippen molar-refractivity contribution in [2.24, 2.45) is 5.92 Å². The Hall–Kier alpha value is -2.53. The molecular weight excluding hydrogens is 378 g/mol. The van der Waals surface area contributed by atoms with E-state index in [9.17, 15) is 4.79 Å². The second-order valence-corrected chi connectivity index (χ2v) is 8.34. The Morgan fingerprint density at radius 1 is 0.933 bits per heavy atom. The number of methoxy groups -OCH3 is 3. The molecule has 4 rings (SSSR count). The minimum Gasteiger partial charge on any atom is -0.493 e. The number of Topliss-reactive ketones (excluding diaryl/α,β-unsaturated/α-hetero) is 1. The average Bonchev–Trinajstić information content (AvgIpc) is 2.78. The minimum absolute atomic E-state index is 0.0372. The van der Waals surface area contributed by atoms with Crippen molar-refractivity contribution in [1.82, 2.24) is 4.90 Å². The van der Waals surface area contributed by atoms with E-state index >= 15 is 0 Å². The highest BCUT2D eigenvalue weighted by atomic mass is 16.5. The van der Waals surface area contributed by atoms with E-state index in [1.807, 2.05) is 0 Å². The maximum absolute atomic E-state index is 13.5. The summed E-state index contributed by atoms with van der Waals surface area (Å²) in [5.41, 5.74) is 1.99. The van der Waals surface area contributed by atoms with Gasteiger partial charge >= 0.3 is 0 Å². The number of benzene rings is 2. The molecule has 5 heteroatoms. The molecule has 2 aliphatic heterocycles. The molecular formula is C25H31NO4. The van der Waals surface area contributed by atoms with Crippen LogP contribution in [0.5, 0.6) is 17.2 Å². The van der Waals surface area contributed by atoms with Crippen LogP contribution >= 0.6 is 0 Å². The van der Waals surface area contributed by atoms with Gasteiger partial charge < -0.3 is 14.2 Å². The van der Waals surface area contributed by atoms with Crippen molar-refractivity contribution in [1.29, 1.82) is 0 Å². The predicted octanol–water partition coefficient (Wildman–Crippen LogP) is 4.73. The summed E-state index contributed by atoms with van der Waals surface area (Å²) in [6, 6.07) is 15.2. The highest BCUT2D eigenvalue weighted by Crippen LogP contribution is 2.42. The van der Waals surface area contributed by atoms with Crippen LogP contribution in [0.15, 0.2) is 42.5 Å². The number of fused-ring (bicyclic) bond motifs is 2. The van der Waals surface area contributed by atoms with Gasteiger partial charge in [-0.3, -0.25) is 9.69 Å². The molecule has 2 heterocycles. The molecule has 2 bridgehead atoms. The number of ether oxygens (including phenoxy) is 3. The van der Waals surface area contributed by atoms with Gasteiger partial charge in [0.25, 0.3) is 0 Å². The summed E-state index contributed by atoms with van der Waals surface area (Å²) in [5, 5.41) is 0. The van der Waals surface area contributed by atoms with Crippen molar-refractivity contribution in [2.45, 2.75) is 50.7 Å². The van der Waals surface area contributed by atoms with Crippen LogP contribution in [0.3, 0.4) is 0 Å². The average molecular weight is 410 g/mol. The highest BCUT2D eigenvalue weighted by Gasteiger charge is 2.40. The van der Waals surface area contributed by atoms with E-state index in [1.54, 1.807) is 33.5 Å². The maximum Gasteiger partial charge on any atom is 0.203 e. The largest absolute Gasteiger partial charge is 0.493 e. The molecule has 2 aromatic rings. The first kappa shape index (κ1) is 20.7. The molecule has 5 nitrogen and oxygen atoms in total. The second-order valence-electron chi connectivity index (χ2n) is 8.34. The van der Waals surface area contributed by atoms with E-state index in [1.165, 1.54) is 24.8 Å². The molecule has 2 fully saturated rings. The molecule has 160 valence electrons. The first-order chi connectivity index (χ1) is 14.6. The zero-order valence-electron chi connectivity index (χ0n) is 18.1. The fourth-order valence-electron chi connectivity index (χ4n) is 5.20. The highest BCUT2D eigenvalue weighted by molar-refractivity contribution is 5.99. The number of rotatable bonds is 7. The van der Waals surface area contributed by atoms with Crippen LogP contribution in [0.25, 0.3) is 0 Å². The summed E-state index contributed by atoms with van der Waals surface area (Å²) < 4.78 is 16.3. The van der Waals surface area contributed by atoms with Gasteiger partial charge in [0.2, 0.25) is 5.75 Å². The van der Waals surface area contributed by atoms with Crippen LogP contribution in [-0.4, -0.2) is 44.1 Å². The molecule has 0 saturated carbocycles. The molecule has 0 spiro atoms. The van der Waals surface area contributed by atoms with Crippen LogP contribution in [-0.2, 0) is 6.54 Å². The number of ketones is 1. The first-order valence-corrected chi connectivity index (χ1v) is 10.8. The lowest BCUT2D eigenvalue weighted by Crippen LogP contribution is -2.52. The van der Waals surface area contributed by atoms with Gasteiger partial charge in [0.1, 0.15) is 0 Å². The Morgan fingerprint density at radius 2 is 1.53 bits per heavy atom. The van der Waals surface area contributed by atoms with Gasteiger partial charge in [-0.25, -0.2) is 0 Å². The molecule has 2 saturated heterocycles. The van der Waals surface area contributed by atoms with Crippen molar-refractivity contribution < 1.29 is 19.0 Å². The fraction of sp³-hybridized carbons (Fsp3) is 0.480. The van der Waals surface area contributed by atoms with Gasteiger partial charge in [-0.1, -0.05) is 36.8 Å². The molecule has 2 unspecified atom stereocenters. The predicted molar refractivity (Wildman–Crippen MR) is 117 cm³/mol. The molecule has 2 atom stereocenters. The van der Waals surface area contributed by atoms with Gasteiger partial charge in [-0.05, 0) is 43.4 Å². The normalized spacial score (nSPS) is 23.6. The zero-order valence-corrected chi connectivity index (χ0v) is 18.1. The SMILES string of the molecule is COc1cc(C(=O)C2CC3CCCC(C2)N3Cc2ccccc2)cc(OC)c1OC. The Labute approximate surface area is 178 Å². The van der Waals surface area contributed by atoms with Gasteiger partial charge in [0.15, 0.2) is 17.3 Å². The van der Waals surface area contributed by atoms with Gasteiger partial charge in [0, 0.05) is 30.1 Å². The Morgan fingerprint density at radius 3 is 2.07 bits per heavy atom. The van der Waals surface area contributed by atoms with Crippen LogP contribution in [0.2, 0.25) is 0 Å². The molecule has 0 aliphatic carbocycles. The molecule has 2 aromatic carbocycles. The standard InChI is InChI=1S/C25H31NO4/c1-28-22-14-19(15-23(29-2)25(22)30-3)24(27)18-12-20-10-7-11-21(13-18)26(20)16-17-8-5-4-6-9-17/h4-6,8-9,14-15,18,20-21H,7,10-13,16H2,1-3H3. The van der Waals surface area contributed by atoms with E-state index in [-0.39, 0.29) is 11.7 Å². The molecule has 0 aromatic heterocycles. The van der Waals surface area contributed by atoms with Crippen LogP contribution in [0.1, 0.15) is 48.0 Å². The molecule has 30 heavy (non-hydrogen) atoms. The third kappa shape index (κ3) is 4.04.